The molecule has 6 heteroatoms. The molecular weight excluding hydrogens is 263 g/mol. The maximum Gasteiger partial charge on any atom is 0.254 e. The second-order valence-corrected chi connectivity index (χ2v) is 4.84. The van der Waals surface area contributed by atoms with Crippen LogP contribution in [-0.4, -0.2) is 35.1 Å². The number of benzene rings is 1. The summed E-state index contributed by atoms with van der Waals surface area (Å²) in [7, 11) is 0. The highest BCUT2D eigenvalue weighted by atomic mass is 35.5. The number of amides is 1. The van der Waals surface area contributed by atoms with Gasteiger partial charge in [-0.1, -0.05) is 23.2 Å². The maximum absolute atomic E-state index is 12.1. The number of β-amino-alcohol motifs (C(OH)–C–C–N with tert-alkyl or cyclic N) is 1. The number of carbonyl (C=O) groups is 1. The van der Waals surface area contributed by atoms with Crippen molar-refractivity contribution in [2.75, 3.05) is 18.8 Å². The Labute approximate surface area is 109 Å². The van der Waals surface area contributed by atoms with Gasteiger partial charge in [-0.05, 0) is 18.6 Å². The summed E-state index contributed by atoms with van der Waals surface area (Å²) in [5, 5.41) is 9.90. The molecule has 1 heterocycles. The molecule has 0 saturated carbocycles. The lowest BCUT2D eigenvalue weighted by Gasteiger charge is -2.16. The van der Waals surface area contributed by atoms with Gasteiger partial charge in [0.15, 0.2) is 0 Å². The smallest absolute Gasteiger partial charge is 0.254 e. The van der Waals surface area contributed by atoms with Gasteiger partial charge in [0, 0.05) is 18.7 Å². The van der Waals surface area contributed by atoms with E-state index in [1.54, 1.807) is 4.90 Å². The van der Waals surface area contributed by atoms with Crippen molar-refractivity contribution in [1.82, 2.24) is 4.90 Å². The van der Waals surface area contributed by atoms with Gasteiger partial charge in [0.1, 0.15) is 0 Å². The largest absolute Gasteiger partial charge is 0.397 e. The van der Waals surface area contributed by atoms with E-state index in [-0.39, 0.29) is 21.6 Å². The Bertz CT molecular complexity index is 442. The summed E-state index contributed by atoms with van der Waals surface area (Å²) in [5.74, 6) is -0.188. The Morgan fingerprint density at radius 2 is 2.18 bits per heavy atom. The third-order valence-corrected chi connectivity index (χ3v) is 3.57. The minimum atomic E-state index is -0.445. The lowest BCUT2D eigenvalue weighted by molar-refractivity contribution is 0.0765. The summed E-state index contributed by atoms with van der Waals surface area (Å²) in [6.45, 7) is 0.888. The zero-order valence-electron chi connectivity index (χ0n) is 8.99. The molecule has 0 unspecified atom stereocenters. The molecule has 0 spiro atoms. The number of likely N-dealkylation sites (tertiary alicyclic amines) is 1. The highest BCUT2D eigenvalue weighted by Crippen LogP contribution is 2.30. The van der Waals surface area contributed by atoms with Crippen LogP contribution in [0.25, 0.3) is 0 Å². The minimum absolute atomic E-state index is 0.188. The van der Waals surface area contributed by atoms with Crippen molar-refractivity contribution < 1.29 is 9.90 Å². The summed E-state index contributed by atoms with van der Waals surface area (Å²) in [5.41, 5.74) is 6.32. The SMILES string of the molecule is Nc1cc(C(=O)N2CC[C@@H](O)C2)cc(Cl)c1Cl. The van der Waals surface area contributed by atoms with Gasteiger partial charge in [0.25, 0.3) is 5.91 Å². The molecule has 1 amide bonds. The van der Waals surface area contributed by atoms with E-state index in [2.05, 4.69) is 0 Å². The molecule has 3 N–H and O–H groups in total. The number of hydrogen-bond acceptors (Lipinski definition) is 3. The number of rotatable bonds is 1. The Kier molecular flexibility index (Phi) is 3.47. The Hall–Kier alpha value is -0.970. The van der Waals surface area contributed by atoms with E-state index < -0.39 is 6.10 Å². The number of nitrogen functional groups attached to an aromatic ring is 1. The van der Waals surface area contributed by atoms with Crippen LogP contribution in [0.1, 0.15) is 16.8 Å². The average Bonchev–Trinajstić information content (AvgIpc) is 2.71. The van der Waals surface area contributed by atoms with E-state index >= 15 is 0 Å². The first-order chi connectivity index (χ1) is 7.99. The molecule has 1 saturated heterocycles. The highest BCUT2D eigenvalue weighted by molar-refractivity contribution is 6.43. The summed E-state index contributed by atoms with van der Waals surface area (Å²) in [6, 6.07) is 2.99. The molecule has 1 aliphatic rings. The number of nitrogens with two attached hydrogens (primary N) is 1. The second kappa shape index (κ2) is 4.72. The molecule has 1 aromatic carbocycles. The number of anilines is 1. The first-order valence-corrected chi connectivity index (χ1v) is 5.96. The van der Waals surface area contributed by atoms with Crippen LogP contribution in [0.4, 0.5) is 5.69 Å². The van der Waals surface area contributed by atoms with Crippen LogP contribution < -0.4 is 5.73 Å². The van der Waals surface area contributed by atoms with Gasteiger partial charge in [-0.2, -0.15) is 0 Å². The predicted molar refractivity (Wildman–Crippen MR) is 67.4 cm³/mol. The normalized spacial score (nSPS) is 19.7. The van der Waals surface area contributed by atoms with Gasteiger partial charge < -0.3 is 15.7 Å². The van der Waals surface area contributed by atoms with E-state index in [1.165, 1.54) is 12.1 Å². The van der Waals surface area contributed by atoms with Gasteiger partial charge in [-0.3, -0.25) is 4.79 Å². The summed E-state index contributed by atoms with van der Waals surface area (Å²) in [6.07, 6.45) is 0.154. The maximum atomic E-state index is 12.1. The van der Waals surface area contributed by atoms with E-state index in [1.807, 2.05) is 0 Å². The van der Waals surface area contributed by atoms with Crippen molar-refractivity contribution in [2.45, 2.75) is 12.5 Å². The predicted octanol–water partition coefficient (Wildman–Crippen LogP) is 1.78. The topological polar surface area (TPSA) is 66.6 Å². The fourth-order valence-electron chi connectivity index (χ4n) is 1.84. The van der Waals surface area contributed by atoms with Crippen LogP contribution in [0.15, 0.2) is 12.1 Å². The molecule has 1 atom stereocenters. The van der Waals surface area contributed by atoms with Crippen molar-refractivity contribution in [3.63, 3.8) is 0 Å². The standard InChI is InChI=1S/C11H12Cl2N2O2/c12-8-3-6(4-9(14)10(8)13)11(17)15-2-1-7(16)5-15/h3-4,7,16H,1-2,5,14H2/t7-/m1/s1. The molecular formula is C11H12Cl2N2O2. The van der Waals surface area contributed by atoms with Gasteiger partial charge >= 0.3 is 0 Å². The Balaban J connectivity index is 2.25. The average molecular weight is 275 g/mol. The molecule has 17 heavy (non-hydrogen) atoms. The molecule has 1 aliphatic heterocycles. The zero-order chi connectivity index (χ0) is 12.6. The third kappa shape index (κ3) is 2.49. The second-order valence-electron chi connectivity index (χ2n) is 4.05. The van der Waals surface area contributed by atoms with Crippen LogP contribution in [0.5, 0.6) is 0 Å². The molecule has 0 bridgehead atoms. The van der Waals surface area contributed by atoms with Crippen LogP contribution in [0.2, 0.25) is 10.0 Å². The van der Waals surface area contributed by atoms with Crippen molar-refractivity contribution in [3.05, 3.63) is 27.7 Å². The lowest BCUT2D eigenvalue weighted by atomic mass is 10.2. The van der Waals surface area contributed by atoms with Crippen molar-refractivity contribution in [1.29, 1.82) is 0 Å². The fraction of sp³-hybridized carbons (Fsp3) is 0.364. The molecule has 4 nitrogen and oxygen atoms in total. The highest BCUT2D eigenvalue weighted by Gasteiger charge is 2.26. The summed E-state index contributed by atoms with van der Waals surface area (Å²) in [4.78, 5) is 13.6. The minimum Gasteiger partial charge on any atom is -0.397 e. The summed E-state index contributed by atoms with van der Waals surface area (Å²) >= 11 is 11.7. The number of carbonyl (C=O) groups excluding carboxylic acids is 1. The van der Waals surface area contributed by atoms with Gasteiger partial charge in [-0.15, -0.1) is 0 Å². The zero-order valence-corrected chi connectivity index (χ0v) is 10.5. The van der Waals surface area contributed by atoms with E-state index in [0.29, 0.717) is 25.1 Å². The number of nitrogens with zero attached hydrogens (tertiary/aromatic N) is 1. The molecule has 1 fully saturated rings. The number of aliphatic hydroxyl groups excluding tert-OH is 1. The van der Waals surface area contributed by atoms with Gasteiger partial charge in [0.2, 0.25) is 0 Å². The monoisotopic (exact) mass is 274 g/mol. The van der Waals surface area contributed by atoms with Crippen LogP contribution >= 0.6 is 23.2 Å². The number of aliphatic hydroxyl groups is 1. The molecule has 0 aliphatic carbocycles. The summed E-state index contributed by atoms with van der Waals surface area (Å²) < 4.78 is 0. The quantitative estimate of drug-likeness (QED) is 0.768. The van der Waals surface area contributed by atoms with E-state index in [4.69, 9.17) is 28.9 Å². The first kappa shape index (κ1) is 12.5. The Morgan fingerprint density at radius 1 is 1.47 bits per heavy atom. The van der Waals surface area contributed by atoms with Crippen LogP contribution in [-0.2, 0) is 0 Å². The molecule has 92 valence electrons. The van der Waals surface area contributed by atoms with Crippen LogP contribution in [0.3, 0.4) is 0 Å². The van der Waals surface area contributed by atoms with Gasteiger partial charge in [0.05, 0.1) is 21.8 Å². The molecule has 1 aromatic rings. The molecule has 2 rings (SSSR count). The fourth-order valence-corrected chi connectivity index (χ4v) is 2.18. The lowest BCUT2D eigenvalue weighted by Crippen LogP contribution is -2.29. The van der Waals surface area contributed by atoms with E-state index in [0.717, 1.165) is 0 Å². The van der Waals surface area contributed by atoms with Crippen LogP contribution in [0, 0.1) is 0 Å². The van der Waals surface area contributed by atoms with Gasteiger partial charge in [-0.25, -0.2) is 0 Å². The number of hydrogen-bond donors (Lipinski definition) is 2. The number of halogens is 2. The molecule has 0 aromatic heterocycles. The first-order valence-electron chi connectivity index (χ1n) is 5.21. The van der Waals surface area contributed by atoms with Crippen molar-refractivity contribution >= 4 is 34.8 Å². The van der Waals surface area contributed by atoms with E-state index in [9.17, 15) is 9.90 Å². The van der Waals surface area contributed by atoms with Crippen molar-refractivity contribution in [2.24, 2.45) is 0 Å². The molecule has 0 radical (unpaired) electrons. The third-order valence-electron chi connectivity index (χ3n) is 2.75. The van der Waals surface area contributed by atoms with Crippen molar-refractivity contribution in [3.8, 4) is 0 Å². The Morgan fingerprint density at radius 3 is 2.71 bits per heavy atom.